The molecule has 0 spiro atoms. The fourth-order valence-electron chi connectivity index (χ4n) is 10.1. The first-order valence-electron chi connectivity index (χ1n) is 21.9. The Morgan fingerprint density at radius 2 is 0.859 bits per heavy atom. The molecule has 0 saturated heterocycles. The molecule has 0 N–H and O–H groups in total. The molecule has 0 bridgehead atoms. The summed E-state index contributed by atoms with van der Waals surface area (Å²) in [5.74, 6) is 0. The van der Waals surface area contributed by atoms with Gasteiger partial charge in [-0.3, -0.25) is 0 Å². The van der Waals surface area contributed by atoms with E-state index in [1.54, 1.807) is 0 Å². The topological polar surface area (TPSA) is 8.17 Å². The zero-order valence-electron chi connectivity index (χ0n) is 35.1. The number of anilines is 3. The highest BCUT2D eigenvalue weighted by Gasteiger charge is 2.41. The number of nitrogens with zero attached hydrogens (tertiary/aromatic N) is 2. The van der Waals surface area contributed by atoms with E-state index in [2.05, 4.69) is 264 Å². The van der Waals surface area contributed by atoms with Crippen LogP contribution in [0.4, 0.5) is 17.1 Å². The minimum atomic E-state index is -2.80. The van der Waals surface area contributed by atoms with Crippen molar-refractivity contribution in [3.05, 3.63) is 255 Å². The second-order valence-electron chi connectivity index (χ2n) is 16.4. The molecule has 0 aliphatic rings. The minimum absolute atomic E-state index is 1.10. The molecule has 0 fully saturated rings. The normalized spacial score (nSPS) is 11.8. The number of hydrogen-bond donors (Lipinski definition) is 0. The molecule has 12 aromatic rings. The Morgan fingerprint density at radius 3 is 1.55 bits per heavy atom. The maximum absolute atomic E-state index is 2.80. The van der Waals surface area contributed by atoms with Crippen LogP contribution in [0.3, 0.4) is 0 Å². The van der Waals surface area contributed by atoms with E-state index in [9.17, 15) is 0 Å². The number of aromatic nitrogens is 1. The Labute approximate surface area is 378 Å². The number of fused-ring (bicyclic) bond motifs is 6. The molecule has 0 unspecified atom stereocenters. The molecule has 2 aromatic heterocycles. The van der Waals surface area contributed by atoms with Crippen LogP contribution >= 0.6 is 11.3 Å². The molecule has 0 atom stereocenters. The lowest BCUT2D eigenvalue weighted by molar-refractivity contribution is 1.18. The molecular formula is C60H42N2SSi. The Bertz CT molecular complexity index is 3500. The van der Waals surface area contributed by atoms with Crippen molar-refractivity contribution < 1.29 is 0 Å². The molecule has 302 valence electrons. The zero-order chi connectivity index (χ0) is 42.5. The molecule has 0 aliphatic heterocycles. The minimum Gasteiger partial charge on any atom is -0.310 e. The highest BCUT2D eigenvalue weighted by molar-refractivity contribution is 7.25. The highest BCUT2D eigenvalue weighted by Crippen LogP contribution is 2.43. The van der Waals surface area contributed by atoms with Gasteiger partial charge >= 0.3 is 0 Å². The maximum Gasteiger partial charge on any atom is 0.179 e. The van der Waals surface area contributed by atoms with E-state index in [0.29, 0.717) is 0 Å². The van der Waals surface area contributed by atoms with Gasteiger partial charge < -0.3 is 9.47 Å². The summed E-state index contributed by atoms with van der Waals surface area (Å²) in [5, 5.41) is 10.5. The number of benzene rings is 10. The molecule has 12 rings (SSSR count). The molecule has 0 aliphatic carbocycles. The summed E-state index contributed by atoms with van der Waals surface area (Å²) in [6.45, 7) is 0. The number of hydrogen-bond acceptors (Lipinski definition) is 2. The molecule has 64 heavy (non-hydrogen) atoms. The smallest absolute Gasteiger partial charge is 0.179 e. The Hall–Kier alpha value is -7.76. The SMILES string of the molecule is c1ccc(-n2c3ccccc3c3c(-c4ccc(N(c5cccc([Si](c6ccccc6)(c6ccccc6)c6ccccc6)c5)c5ccc6sc7ccccc7c6c5)cc4)cccc32)cc1. The number of thiophene rings is 1. The van der Waals surface area contributed by atoms with Gasteiger partial charge in [0.2, 0.25) is 0 Å². The first kappa shape index (κ1) is 38.0. The van der Waals surface area contributed by atoms with Gasteiger partial charge in [0.25, 0.3) is 0 Å². The van der Waals surface area contributed by atoms with Gasteiger partial charge in [0.15, 0.2) is 8.07 Å². The molecule has 4 heteroatoms. The van der Waals surface area contributed by atoms with Gasteiger partial charge in [-0.25, -0.2) is 0 Å². The summed E-state index contributed by atoms with van der Waals surface area (Å²) in [5.41, 5.74) is 9.32. The van der Waals surface area contributed by atoms with Crippen molar-refractivity contribution in [2.75, 3.05) is 4.90 Å². The van der Waals surface area contributed by atoms with Crippen LogP contribution in [0.5, 0.6) is 0 Å². The zero-order valence-corrected chi connectivity index (χ0v) is 36.9. The van der Waals surface area contributed by atoms with Crippen LogP contribution in [0.15, 0.2) is 255 Å². The van der Waals surface area contributed by atoms with Crippen LogP contribution in [0.1, 0.15) is 0 Å². The van der Waals surface area contributed by atoms with Gasteiger partial charge in [0.1, 0.15) is 0 Å². The second kappa shape index (κ2) is 15.9. The Balaban J connectivity index is 1.06. The van der Waals surface area contributed by atoms with Crippen molar-refractivity contribution in [3.63, 3.8) is 0 Å². The molecule has 10 aromatic carbocycles. The quantitative estimate of drug-likeness (QED) is 0.104. The Morgan fingerprint density at radius 1 is 0.344 bits per heavy atom. The monoisotopic (exact) mass is 850 g/mol. The third kappa shape index (κ3) is 6.22. The van der Waals surface area contributed by atoms with E-state index in [1.807, 2.05) is 11.3 Å². The first-order chi connectivity index (χ1) is 31.8. The van der Waals surface area contributed by atoms with Crippen molar-refractivity contribution >= 4 is 99.2 Å². The van der Waals surface area contributed by atoms with Crippen molar-refractivity contribution in [2.45, 2.75) is 0 Å². The van der Waals surface area contributed by atoms with E-state index in [1.165, 1.54) is 73.9 Å². The van der Waals surface area contributed by atoms with Crippen molar-refractivity contribution in [3.8, 4) is 16.8 Å². The van der Waals surface area contributed by atoms with Gasteiger partial charge in [-0.05, 0) is 105 Å². The third-order valence-electron chi connectivity index (χ3n) is 12.9. The van der Waals surface area contributed by atoms with Crippen molar-refractivity contribution in [2.24, 2.45) is 0 Å². The van der Waals surface area contributed by atoms with Crippen LogP contribution in [0.2, 0.25) is 0 Å². The molecule has 0 saturated carbocycles. The number of para-hydroxylation sites is 2. The van der Waals surface area contributed by atoms with Crippen LogP contribution in [-0.4, -0.2) is 12.6 Å². The predicted octanol–water partition coefficient (Wildman–Crippen LogP) is 13.7. The van der Waals surface area contributed by atoms with Crippen LogP contribution in [0, 0.1) is 0 Å². The highest BCUT2D eigenvalue weighted by atomic mass is 32.1. The van der Waals surface area contributed by atoms with Crippen LogP contribution < -0.4 is 25.6 Å². The molecule has 2 heterocycles. The first-order valence-corrected chi connectivity index (χ1v) is 24.7. The van der Waals surface area contributed by atoms with E-state index in [-0.39, 0.29) is 0 Å². The molecular weight excluding hydrogens is 809 g/mol. The van der Waals surface area contributed by atoms with E-state index < -0.39 is 8.07 Å². The van der Waals surface area contributed by atoms with Crippen molar-refractivity contribution in [1.82, 2.24) is 4.57 Å². The standard InChI is InChI=1S/C60H42N2SSi/c1-5-19-44(20-6-1)62-56-32-15-13-30-54(56)60-52(31-18-33-57(60)62)43-35-37-45(38-36-43)61(47-39-40-59-55(42-47)53-29-14-16-34-58(53)63-59)46-21-17-28-51(41-46)64(48-22-7-2-8-23-48,49-24-9-3-10-25-49)50-26-11-4-12-27-50/h1-42H. The van der Waals surface area contributed by atoms with Crippen LogP contribution in [0.25, 0.3) is 58.8 Å². The fourth-order valence-corrected chi connectivity index (χ4v) is 16.0. The van der Waals surface area contributed by atoms with Crippen LogP contribution in [-0.2, 0) is 0 Å². The van der Waals surface area contributed by atoms with Crippen molar-refractivity contribution in [1.29, 1.82) is 0 Å². The summed E-state index contributed by atoms with van der Waals surface area (Å²) < 4.78 is 4.99. The second-order valence-corrected chi connectivity index (χ2v) is 21.3. The average Bonchev–Trinajstić information content (AvgIpc) is 3.92. The largest absolute Gasteiger partial charge is 0.310 e. The van der Waals surface area contributed by atoms with E-state index in [4.69, 9.17) is 0 Å². The Kier molecular flexibility index (Phi) is 9.40. The summed E-state index contributed by atoms with van der Waals surface area (Å²) in [6.07, 6.45) is 0. The predicted molar refractivity (Wildman–Crippen MR) is 277 cm³/mol. The maximum atomic E-state index is 2.47. The third-order valence-corrected chi connectivity index (χ3v) is 18.9. The summed E-state index contributed by atoms with van der Waals surface area (Å²) in [4.78, 5) is 2.46. The molecule has 0 radical (unpaired) electrons. The van der Waals surface area contributed by atoms with Gasteiger partial charge in [-0.15, -0.1) is 11.3 Å². The van der Waals surface area contributed by atoms with Gasteiger partial charge in [0, 0.05) is 53.7 Å². The average molecular weight is 851 g/mol. The lowest BCUT2D eigenvalue weighted by Crippen LogP contribution is -2.74. The molecule has 0 amide bonds. The van der Waals surface area contributed by atoms with Gasteiger partial charge in [-0.2, -0.15) is 0 Å². The summed E-state index contributed by atoms with van der Waals surface area (Å²) in [6, 6.07) is 94.2. The summed E-state index contributed by atoms with van der Waals surface area (Å²) >= 11 is 1.86. The van der Waals surface area contributed by atoms with Gasteiger partial charge in [0.05, 0.1) is 11.0 Å². The lowest BCUT2D eigenvalue weighted by Gasteiger charge is -2.35. The molecule has 2 nitrogen and oxygen atoms in total. The summed E-state index contributed by atoms with van der Waals surface area (Å²) in [7, 11) is -2.80. The van der Waals surface area contributed by atoms with E-state index >= 15 is 0 Å². The fraction of sp³-hybridized carbons (Fsp3) is 0. The lowest BCUT2D eigenvalue weighted by atomic mass is 9.99. The number of rotatable bonds is 9. The van der Waals surface area contributed by atoms with Gasteiger partial charge in [-0.1, -0.05) is 182 Å². The van der Waals surface area contributed by atoms with E-state index in [0.717, 1.165) is 22.7 Å².